The molecule has 0 fully saturated rings. The molecule has 1 amide bonds. The molecule has 1 aromatic carbocycles. The van der Waals surface area contributed by atoms with Crippen LogP contribution < -0.4 is 5.32 Å². The minimum atomic E-state index is -0.891. The number of aliphatic carboxylic acids is 1. The first kappa shape index (κ1) is 14.5. The summed E-state index contributed by atoms with van der Waals surface area (Å²) in [5, 5.41) is 20.7. The molecule has 0 aliphatic heterocycles. The van der Waals surface area contributed by atoms with Crippen LogP contribution in [0, 0.1) is 0 Å². The lowest BCUT2D eigenvalue weighted by molar-refractivity contribution is -0.137. The number of carboxylic acid groups (broad SMARTS) is 1. The third-order valence-electron chi connectivity index (χ3n) is 2.38. The Bertz CT molecular complexity index is 461. The summed E-state index contributed by atoms with van der Waals surface area (Å²) in [6.45, 7) is 1.74. The van der Waals surface area contributed by atoms with Crippen molar-refractivity contribution in [1.29, 1.82) is 0 Å². The Labute approximate surface area is 113 Å². The molecule has 1 unspecified atom stereocenters. The van der Waals surface area contributed by atoms with Crippen molar-refractivity contribution in [3.63, 3.8) is 0 Å². The van der Waals surface area contributed by atoms with Crippen LogP contribution in [-0.2, 0) is 4.79 Å². The first-order chi connectivity index (χ1) is 8.40. The lowest BCUT2D eigenvalue weighted by atomic mass is 10.1. The fourth-order valence-corrected chi connectivity index (χ4v) is 1.62. The molecule has 5 nitrogen and oxygen atoms in total. The fraction of sp³-hybridized carbons (Fsp3) is 0.333. The molecule has 0 spiro atoms. The SMILES string of the molecule is CC(CCC(=O)O)NC(=O)c1ccc(Br)c(O)c1. The molecule has 3 N–H and O–H groups in total. The summed E-state index contributed by atoms with van der Waals surface area (Å²) in [7, 11) is 0. The van der Waals surface area contributed by atoms with Crippen LogP contribution in [0.5, 0.6) is 5.75 Å². The molecule has 0 bridgehead atoms. The van der Waals surface area contributed by atoms with Crippen molar-refractivity contribution in [3.05, 3.63) is 28.2 Å². The van der Waals surface area contributed by atoms with Gasteiger partial charge in [-0.3, -0.25) is 9.59 Å². The Morgan fingerprint density at radius 3 is 2.67 bits per heavy atom. The van der Waals surface area contributed by atoms with Gasteiger partial charge >= 0.3 is 5.97 Å². The van der Waals surface area contributed by atoms with Gasteiger partial charge in [-0.1, -0.05) is 0 Å². The first-order valence-electron chi connectivity index (χ1n) is 5.41. The van der Waals surface area contributed by atoms with Gasteiger partial charge < -0.3 is 15.5 Å². The Balaban J connectivity index is 2.59. The van der Waals surface area contributed by atoms with E-state index in [4.69, 9.17) is 5.11 Å². The van der Waals surface area contributed by atoms with Gasteiger partial charge in [0.1, 0.15) is 5.75 Å². The van der Waals surface area contributed by atoms with Gasteiger partial charge in [0.2, 0.25) is 0 Å². The van der Waals surface area contributed by atoms with Crippen molar-refractivity contribution < 1.29 is 19.8 Å². The Morgan fingerprint density at radius 2 is 2.11 bits per heavy atom. The summed E-state index contributed by atoms with van der Waals surface area (Å²) in [5.74, 6) is -1.24. The molecule has 0 aromatic heterocycles. The van der Waals surface area contributed by atoms with E-state index in [0.717, 1.165) is 0 Å². The molecule has 0 heterocycles. The van der Waals surface area contributed by atoms with Crippen molar-refractivity contribution in [2.45, 2.75) is 25.8 Å². The van der Waals surface area contributed by atoms with E-state index in [1.54, 1.807) is 19.1 Å². The quantitative estimate of drug-likeness (QED) is 0.777. The lowest BCUT2D eigenvalue weighted by Gasteiger charge is -2.13. The molecule has 1 aromatic rings. The average Bonchev–Trinajstić information content (AvgIpc) is 2.30. The predicted molar refractivity (Wildman–Crippen MR) is 69.6 cm³/mol. The summed E-state index contributed by atoms with van der Waals surface area (Å²) >= 11 is 3.12. The van der Waals surface area contributed by atoms with Gasteiger partial charge in [-0.05, 0) is 47.5 Å². The maximum absolute atomic E-state index is 11.8. The zero-order valence-corrected chi connectivity index (χ0v) is 11.4. The van der Waals surface area contributed by atoms with Gasteiger partial charge in [0.05, 0.1) is 4.47 Å². The number of carbonyl (C=O) groups is 2. The van der Waals surface area contributed by atoms with Crippen LogP contribution >= 0.6 is 15.9 Å². The molecule has 0 saturated carbocycles. The second-order valence-corrected chi connectivity index (χ2v) is 4.83. The maximum Gasteiger partial charge on any atom is 0.303 e. The summed E-state index contributed by atoms with van der Waals surface area (Å²) in [4.78, 5) is 22.2. The summed E-state index contributed by atoms with van der Waals surface area (Å²) in [6.07, 6.45) is 0.372. The topological polar surface area (TPSA) is 86.6 Å². The predicted octanol–water partition coefficient (Wildman–Crippen LogP) is 2.14. The summed E-state index contributed by atoms with van der Waals surface area (Å²) in [5.41, 5.74) is 0.331. The number of phenolic OH excluding ortho intramolecular Hbond substituents is 1. The van der Waals surface area contributed by atoms with Crippen LogP contribution in [0.15, 0.2) is 22.7 Å². The van der Waals surface area contributed by atoms with Crippen molar-refractivity contribution in [2.75, 3.05) is 0 Å². The number of nitrogens with one attached hydrogen (secondary N) is 1. The Morgan fingerprint density at radius 1 is 1.44 bits per heavy atom. The number of rotatable bonds is 5. The number of benzene rings is 1. The number of amides is 1. The third kappa shape index (κ3) is 4.37. The smallest absolute Gasteiger partial charge is 0.303 e. The standard InChI is InChI=1S/C12H14BrNO4/c1-7(2-5-11(16)17)14-12(18)8-3-4-9(13)10(15)6-8/h3-4,6-7,15H,2,5H2,1H3,(H,14,18)(H,16,17). The lowest BCUT2D eigenvalue weighted by Crippen LogP contribution is -2.32. The van der Waals surface area contributed by atoms with E-state index >= 15 is 0 Å². The van der Waals surface area contributed by atoms with Crippen LogP contribution in [0.3, 0.4) is 0 Å². The van der Waals surface area contributed by atoms with Crippen LogP contribution in [0.25, 0.3) is 0 Å². The Kier molecular flexibility index (Phi) is 5.15. The van der Waals surface area contributed by atoms with E-state index in [2.05, 4.69) is 21.2 Å². The Hall–Kier alpha value is -1.56. The highest BCUT2D eigenvalue weighted by atomic mass is 79.9. The molecule has 6 heteroatoms. The van der Waals surface area contributed by atoms with Crippen molar-refractivity contribution in [3.8, 4) is 5.75 Å². The minimum Gasteiger partial charge on any atom is -0.507 e. The summed E-state index contributed by atoms with van der Waals surface area (Å²) < 4.78 is 0.512. The fourth-order valence-electron chi connectivity index (χ4n) is 1.37. The molecule has 1 rings (SSSR count). The van der Waals surface area contributed by atoms with Crippen molar-refractivity contribution in [2.24, 2.45) is 0 Å². The molecule has 0 saturated heterocycles. The van der Waals surface area contributed by atoms with Crippen molar-refractivity contribution >= 4 is 27.8 Å². The van der Waals surface area contributed by atoms with E-state index in [9.17, 15) is 14.7 Å². The second-order valence-electron chi connectivity index (χ2n) is 3.97. The number of halogens is 1. The van der Waals surface area contributed by atoms with Gasteiger partial charge in [-0.25, -0.2) is 0 Å². The molecule has 0 aliphatic carbocycles. The maximum atomic E-state index is 11.8. The molecular weight excluding hydrogens is 302 g/mol. The number of carboxylic acids is 1. The van der Waals surface area contributed by atoms with Crippen molar-refractivity contribution in [1.82, 2.24) is 5.32 Å². The number of carbonyl (C=O) groups excluding carboxylic acids is 1. The second kappa shape index (κ2) is 6.39. The normalized spacial score (nSPS) is 11.9. The minimum absolute atomic E-state index is 0.00698. The van der Waals surface area contributed by atoms with E-state index in [1.807, 2.05) is 0 Å². The summed E-state index contributed by atoms with van der Waals surface area (Å²) in [6, 6.07) is 4.26. The molecule has 98 valence electrons. The van der Waals surface area contributed by atoms with Crippen LogP contribution in [0.1, 0.15) is 30.1 Å². The third-order valence-corrected chi connectivity index (χ3v) is 3.05. The largest absolute Gasteiger partial charge is 0.507 e. The molecule has 1 atom stereocenters. The monoisotopic (exact) mass is 315 g/mol. The number of hydrogen-bond acceptors (Lipinski definition) is 3. The van der Waals surface area contributed by atoms with Gasteiger partial charge in [0.25, 0.3) is 5.91 Å². The van der Waals surface area contributed by atoms with E-state index in [-0.39, 0.29) is 24.1 Å². The molecular formula is C12H14BrNO4. The number of phenols is 1. The van der Waals surface area contributed by atoms with Gasteiger partial charge in [-0.2, -0.15) is 0 Å². The van der Waals surface area contributed by atoms with Gasteiger partial charge in [0, 0.05) is 18.0 Å². The van der Waals surface area contributed by atoms with Gasteiger partial charge in [0.15, 0.2) is 0 Å². The zero-order chi connectivity index (χ0) is 13.7. The molecule has 18 heavy (non-hydrogen) atoms. The molecule has 0 aliphatic rings. The van der Waals surface area contributed by atoms with E-state index in [1.165, 1.54) is 6.07 Å². The average molecular weight is 316 g/mol. The highest BCUT2D eigenvalue weighted by molar-refractivity contribution is 9.10. The van der Waals surface area contributed by atoms with E-state index < -0.39 is 5.97 Å². The van der Waals surface area contributed by atoms with Crippen LogP contribution in [-0.4, -0.2) is 28.1 Å². The van der Waals surface area contributed by atoms with Crippen LogP contribution in [0.4, 0.5) is 0 Å². The number of aromatic hydroxyl groups is 1. The first-order valence-corrected chi connectivity index (χ1v) is 6.20. The van der Waals surface area contributed by atoms with Crippen LogP contribution in [0.2, 0.25) is 0 Å². The van der Waals surface area contributed by atoms with E-state index in [0.29, 0.717) is 16.5 Å². The number of hydrogen-bond donors (Lipinski definition) is 3. The molecule has 0 radical (unpaired) electrons. The highest BCUT2D eigenvalue weighted by Crippen LogP contribution is 2.24. The van der Waals surface area contributed by atoms with Gasteiger partial charge in [-0.15, -0.1) is 0 Å². The highest BCUT2D eigenvalue weighted by Gasteiger charge is 2.12. The zero-order valence-electron chi connectivity index (χ0n) is 9.81.